The van der Waals surface area contributed by atoms with E-state index in [1.165, 1.54) is 5.56 Å². The lowest BCUT2D eigenvalue weighted by molar-refractivity contribution is 0.191. The monoisotopic (exact) mass is 440 g/mol. The van der Waals surface area contributed by atoms with Gasteiger partial charge in [0.25, 0.3) is 0 Å². The third-order valence-electron chi connectivity index (χ3n) is 6.30. The van der Waals surface area contributed by atoms with Crippen LogP contribution in [0.25, 0.3) is 16.8 Å². The first-order valence-corrected chi connectivity index (χ1v) is 11.4. The number of rotatable bonds is 4. The molecule has 168 valence electrons. The third kappa shape index (κ3) is 4.29. The molecule has 1 N–H and O–H groups in total. The van der Waals surface area contributed by atoms with Crippen LogP contribution in [0, 0.1) is 6.92 Å². The number of pyridine rings is 1. The Balaban J connectivity index is 1.43. The van der Waals surface area contributed by atoms with Crippen LogP contribution < -0.4 is 10.1 Å². The van der Waals surface area contributed by atoms with Crippen molar-refractivity contribution in [3.05, 3.63) is 84.3 Å². The Morgan fingerprint density at radius 1 is 1.09 bits per heavy atom. The molecule has 0 unspecified atom stereocenters. The van der Waals surface area contributed by atoms with E-state index in [-0.39, 0.29) is 11.9 Å². The number of ether oxygens (including phenoxy) is 1. The summed E-state index contributed by atoms with van der Waals surface area (Å²) >= 11 is 0. The number of nitrogens with one attached hydrogen (secondary N) is 1. The molecule has 2 amide bonds. The smallest absolute Gasteiger partial charge is 0.321 e. The fraction of sp³-hybridized carbons (Fsp3) is 0.259. The lowest BCUT2D eigenvalue weighted by Crippen LogP contribution is -2.42. The Labute approximate surface area is 193 Å². The Kier molecular flexibility index (Phi) is 5.73. The molecule has 1 aliphatic rings. The first kappa shape index (κ1) is 21.1. The van der Waals surface area contributed by atoms with E-state index in [4.69, 9.17) is 9.72 Å². The summed E-state index contributed by atoms with van der Waals surface area (Å²) in [5, 5.41) is 3.04. The molecule has 5 rings (SSSR count). The van der Waals surface area contributed by atoms with Gasteiger partial charge in [0, 0.05) is 36.5 Å². The summed E-state index contributed by atoms with van der Waals surface area (Å²) in [5.41, 5.74) is 5.00. The Morgan fingerprint density at radius 3 is 2.76 bits per heavy atom. The number of likely N-dealkylation sites (tertiary alicyclic amines) is 1. The maximum Gasteiger partial charge on any atom is 0.321 e. The van der Waals surface area contributed by atoms with Gasteiger partial charge in [0.1, 0.15) is 11.6 Å². The van der Waals surface area contributed by atoms with Crippen LogP contribution in [0.15, 0.2) is 72.9 Å². The number of carbonyl (C=O) groups excluding carboxylic acids is 1. The van der Waals surface area contributed by atoms with Crippen molar-refractivity contribution in [2.45, 2.75) is 25.7 Å². The molecule has 3 heterocycles. The predicted octanol–water partition coefficient (Wildman–Crippen LogP) is 5.73. The van der Waals surface area contributed by atoms with E-state index in [9.17, 15) is 4.79 Å². The number of carbonyl (C=O) groups is 1. The number of anilines is 1. The number of methoxy groups -OCH3 is 1. The molecular formula is C27H28N4O2. The number of benzene rings is 2. The molecule has 1 aliphatic heterocycles. The molecule has 1 atom stereocenters. The van der Waals surface area contributed by atoms with Gasteiger partial charge < -0.3 is 19.4 Å². The molecular weight excluding hydrogens is 412 g/mol. The van der Waals surface area contributed by atoms with Gasteiger partial charge >= 0.3 is 6.03 Å². The molecule has 0 bridgehead atoms. The first-order valence-electron chi connectivity index (χ1n) is 11.4. The van der Waals surface area contributed by atoms with E-state index in [1.54, 1.807) is 7.11 Å². The van der Waals surface area contributed by atoms with E-state index in [0.29, 0.717) is 6.54 Å². The zero-order valence-electron chi connectivity index (χ0n) is 19.0. The van der Waals surface area contributed by atoms with Crippen LogP contribution in [0.5, 0.6) is 5.75 Å². The van der Waals surface area contributed by atoms with Gasteiger partial charge in [-0.3, -0.25) is 0 Å². The van der Waals surface area contributed by atoms with Gasteiger partial charge in [-0.15, -0.1) is 0 Å². The van der Waals surface area contributed by atoms with Gasteiger partial charge in [0.05, 0.1) is 18.3 Å². The zero-order chi connectivity index (χ0) is 22.8. The molecule has 0 spiro atoms. The van der Waals surface area contributed by atoms with Crippen LogP contribution in [0.4, 0.5) is 10.5 Å². The SMILES string of the molecule is COc1cccc(-c2nc([C@@H]3CCCN(C(=O)Nc4ccc(C)cc4)C3)n3ccccc23)c1. The summed E-state index contributed by atoms with van der Waals surface area (Å²) in [4.78, 5) is 20.0. The normalized spacial score (nSPS) is 16.1. The van der Waals surface area contributed by atoms with Gasteiger partial charge in [-0.05, 0) is 56.2 Å². The highest BCUT2D eigenvalue weighted by Crippen LogP contribution is 2.33. The molecule has 0 aliphatic carbocycles. The average molecular weight is 441 g/mol. The molecule has 2 aromatic heterocycles. The van der Waals surface area contributed by atoms with E-state index in [0.717, 1.165) is 53.4 Å². The number of piperidine rings is 1. The number of nitrogens with zero attached hydrogens (tertiary/aromatic N) is 3. The number of fused-ring (bicyclic) bond motifs is 1. The number of urea groups is 1. The summed E-state index contributed by atoms with van der Waals surface area (Å²) in [6.45, 7) is 3.43. The number of aryl methyl sites for hydroxylation is 1. The average Bonchev–Trinajstić information content (AvgIpc) is 3.25. The van der Waals surface area contributed by atoms with Crippen molar-refractivity contribution in [2.75, 3.05) is 25.5 Å². The van der Waals surface area contributed by atoms with E-state index >= 15 is 0 Å². The fourth-order valence-corrected chi connectivity index (χ4v) is 4.54. The molecule has 1 fully saturated rings. The van der Waals surface area contributed by atoms with Gasteiger partial charge in [0.2, 0.25) is 0 Å². The molecule has 6 nitrogen and oxygen atoms in total. The highest BCUT2D eigenvalue weighted by atomic mass is 16.5. The maximum absolute atomic E-state index is 13.0. The molecule has 6 heteroatoms. The summed E-state index contributed by atoms with van der Waals surface area (Å²) in [6, 6.07) is 22.0. The van der Waals surface area contributed by atoms with Crippen molar-refractivity contribution in [2.24, 2.45) is 0 Å². The largest absolute Gasteiger partial charge is 0.497 e. The van der Waals surface area contributed by atoms with Crippen molar-refractivity contribution >= 4 is 17.2 Å². The summed E-state index contributed by atoms with van der Waals surface area (Å²) in [7, 11) is 1.67. The Morgan fingerprint density at radius 2 is 1.94 bits per heavy atom. The van der Waals surface area contributed by atoms with Crippen LogP contribution in [0.2, 0.25) is 0 Å². The Bertz CT molecular complexity index is 1280. The number of hydrogen-bond acceptors (Lipinski definition) is 3. The van der Waals surface area contributed by atoms with Crippen molar-refractivity contribution in [1.82, 2.24) is 14.3 Å². The quantitative estimate of drug-likeness (QED) is 0.441. The number of amides is 2. The van der Waals surface area contributed by atoms with E-state index in [1.807, 2.05) is 66.4 Å². The summed E-state index contributed by atoms with van der Waals surface area (Å²) < 4.78 is 7.59. The lowest BCUT2D eigenvalue weighted by atomic mass is 9.97. The predicted molar refractivity (Wildman–Crippen MR) is 131 cm³/mol. The fourth-order valence-electron chi connectivity index (χ4n) is 4.54. The number of imidazole rings is 1. The van der Waals surface area contributed by atoms with Gasteiger partial charge in [-0.1, -0.05) is 35.9 Å². The van der Waals surface area contributed by atoms with Crippen LogP contribution in [-0.4, -0.2) is 40.5 Å². The summed E-state index contributed by atoms with van der Waals surface area (Å²) in [6.07, 6.45) is 4.01. The van der Waals surface area contributed by atoms with Crippen LogP contribution in [0.3, 0.4) is 0 Å². The van der Waals surface area contributed by atoms with E-state index in [2.05, 4.69) is 28.0 Å². The van der Waals surface area contributed by atoms with Gasteiger partial charge in [0.15, 0.2) is 0 Å². The van der Waals surface area contributed by atoms with Crippen LogP contribution in [-0.2, 0) is 0 Å². The second-order valence-electron chi connectivity index (χ2n) is 8.59. The first-order chi connectivity index (χ1) is 16.1. The van der Waals surface area contributed by atoms with Gasteiger partial charge in [-0.2, -0.15) is 0 Å². The van der Waals surface area contributed by atoms with Crippen LogP contribution >= 0.6 is 0 Å². The molecule has 0 radical (unpaired) electrons. The highest BCUT2D eigenvalue weighted by Gasteiger charge is 2.28. The maximum atomic E-state index is 13.0. The number of hydrogen-bond donors (Lipinski definition) is 1. The lowest BCUT2D eigenvalue weighted by Gasteiger charge is -2.32. The second-order valence-corrected chi connectivity index (χ2v) is 8.59. The molecule has 4 aromatic rings. The molecule has 0 saturated carbocycles. The molecule has 1 saturated heterocycles. The minimum absolute atomic E-state index is 0.0579. The number of aromatic nitrogens is 2. The molecule has 2 aromatic carbocycles. The Hall–Kier alpha value is -3.80. The topological polar surface area (TPSA) is 58.9 Å². The molecule has 33 heavy (non-hydrogen) atoms. The highest BCUT2D eigenvalue weighted by molar-refractivity contribution is 5.89. The van der Waals surface area contributed by atoms with Crippen molar-refractivity contribution < 1.29 is 9.53 Å². The minimum atomic E-state index is -0.0579. The van der Waals surface area contributed by atoms with E-state index < -0.39 is 0 Å². The van der Waals surface area contributed by atoms with Gasteiger partial charge in [-0.25, -0.2) is 9.78 Å². The zero-order valence-corrected chi connectivity index (χ0v) is 19.0. The standard InChI is InChI=1S/C27H28N4O2/c1-19-11-13-22(14-12-19)28-27(32)30-15-6-8-21(18-30)26-29-25(24-10-3-4-16-31(24)26)20-7-5-9-23(17-20)33-2/h3-5,7,9-14,16-17,21H,6,8,15,18H2,1-2H3,(H,28,32)/t21-/m1/s1. The van der Waals surface area contributed by atoms with Crippen molar-refractivity contribution in [1.29, 1.82) is 0 Å². The van der Waals surface area contributed by atoms with Crippen molar-refractivity contribution in [3.63, 3.8) is 0 Å². The second kappa shape index (κ2) is 8.98. The van der Waals surface area contributed by atoms with Crippen molar-refractivity contribution in [3.8, 4) is 17.0 Å². The summed E-state index contributed by atoms with van der Waals surface area (Å²) in [5.74, 6) is 1.97. The van der Waals surface area contributed by atoms with Crippen LogP contribution in [0.1, 0.15) is 30.1 Å². The third-order valence-corrected chi connectivity index (χ3v) is 6.30. The minimum Gasteiger partial charge on any atom is -0.497 e.